The summed E-state index contributed by atoms with van der Waals surface area (Å²) in [5, 5.41) is 3.00. The van der Waals surface area contributed by atoms with E-state index >= 15 is 0 Å². The lowest BCUT2D eigenvalue weighted by Crippen LogP contribution is -2.20. The Labute approximate surface area is 201 Å². The number of hydrogen-bond acceptors (Lipinski definition) is 6. The van der Waals surface area contributed by atoms with Crippen LogP contribution in [-0.4, -0.2) is 35.2 Å². The van der Waals surface area contributed by atoms with Crippen LogP contribution in [0.3, 0.4) is 0 Å². The molecule has 3 rings (SSSR count). The number of carbonyl (C=O) groups is 1. The average molecular weight is 511 g/mol. The van der Waals surface area contributed by atoms with E-state index in [2.05, 4.69) is 10.0 Å². The fourth-order valence-corrected chi connectivity index (χ4v) is 4.39. The van der Waals surface area contributed by atoms with Crippen molar-refractivity contribution in [1.29, 1.82) is 0 Å². The Morgan fingerprint density at radius 1 is 0.879 bits per heavy atom. The Hall–Kier alpha value is -3.14. The van der Waals surface area contributed by atoms with Crippen molar-refractivity contribution in [2.75, 3.05) is 30.9 Å². The summed E-state index contributed by atoms with van der Waals surface area (Å²) in [6, 6.07) is 15.4. The molecule has 0 aliphatic heterocycles. The van der Waals surface area contributed by atoms with E-state index in [9.17, 15) is 13.2 Å². The molecule has 0 aliphatic rings. The molecule has 0 saturated heterocycles. The van der Waals surface area contributed by atoms with Crippen LogP contribution in [0.1, 0.15) is 0 Å². The van der Waals surface area contributed by atoms with Gasteiger partial charge in [0.05, 0.1) is 34.8 Å². The maximum atomic E-state index is 12.6. The molecule has 33 heavy (non-hydrogen) atoms. The lowest BCUT2D eigenvalue weighted by Gasteiger charge is -2.14. The van der Waals surface area contributed by atoms with E-state index in [0.717, 1.165) is 0 Å². The molecule has 0 saturated carbocycles. The van der Waals surface area contributed by atoms with Crippen LogP contribution in [0.25, 0.3) is 0 Å². The van der Waals surface area contributed by atoms with Crippen LogP contribution in [0.5, 0.6) is 17.2 Å². The van der Waals surface area contributed by atoms with Crippen molar-refractivity contribution in [3.8, 4) is 17.2 Å². The van der Waals surface area contributed by atoms with Gasteiger partial charge in [0.25, 0.3) is 15.9 Å². The van der Waals surface area contributed by atoms with Gasteiger partial charge in [-0.05, 0) is 30.3 Å². The van der Waals surface area contributed by atoms with Crippen molar-refractivity contribution < 1.29 is 27.4 Å². The summed E-state index contributed by atoms with van der Waals surface area (Å²) in [5.74, 6) is 0.340. The quantitative estimate of drug-likeness (QED) is 0.427. The predicted molar refractivity (Wildman–Crippen MR) is 127 cm³/mol. The van der Waals surface area contributed by atoms with E-state index in [0.29, 0.717) is 27.9 Å². The average Bonchev–Trinajstić information content (AvgIpc) is 2.79. The second-order valence-corrected chi connectivity index (χ2v) is 9.08. The van der Waals surface area contributed by atoms with Gasteiger partial charge in [0, 0.05) is 17.8 Å². The third-order valence-electron chi connectivity index (χ3n) is 4.35. The number of amides is 1. The second-order valence-electron chi connectivity index (χ2n) is 6.59. The van der Waals surface area contributed by atoms with E-state index in [1.165, 1.54) is 44.6 Å². The number of para-hydroxylation sites is 1. The van der Waals surface area contributed by atoms with Crippen LogP contribution in [0, 0.1) is 0 Å². The van der Waals surface area contributed by atoms with Gasteiger partial charge in [-0.1, -0.05) is 41.4 Å². The normalized spacial score (nSPS) is 10.9. The number of ether oxygens (including phenoxy) is 3. The van der Waals surface area contributed by atoms with Crippen LogP contribution in [0.15, 0.2) is 65.6 Å². The van der Waals surface area contributed by atoms with Crippen LogP contribution in [0.2, 0.25) is 10.0 Å². The Kier molecular flexibility index (Phi) is 7.91. The third-order valence-corrected chi connectivity index (χ3v) is 6.32. The van der Waals surface area contributed by atoms with Crippen molar-refractivity contribution in [3.05, 3.63) is 70.7 Å². The number of benzene rings is 3. The summed E-state index contributed by atoms with van der Waals surface area (Å²) in [4.78, 5) is 12.3. The van der Waals surface area contributed by atoms with Crippen molar-refractivity contribution in [2.45, 2.75) is 4.90 Å². The summed E-state index contributed by atoms with van der Waals surface area (Å²) in [5.41, 5.74) is 0.756. The Morgan fingerprint density at radius 3 is 2.18 bits per heavy atom. The van der Waals surface area contributed by atoms with Gasteiger partial charge in [-0.2, -0.15) is 0 Å². The highest BCUT2D eigenvalue weighted by Gasteiger charge is 2.17. The summed E-state index contributed by atoms with van der Waals surface area (Å²) in [6.07, 6.45) is 0. The van der Waals surface area contributed by atoms with Crippen LogP contribution < -0.4 is 24.2 Å². The van der Waals surface area contributed by atoms with Gasteiger partial charge in [0.15, 0.2) is 6.61 Å². The molecule has 0 atom stereocenters. The molecule has 0 spiro atoms. The molecule has 11 heteroatoms. The van der Waals surface area contributed by atoms with E-state index in [-0.39, 0.29) is 22.3 Å². The first kappa shape index (κ1) is 24.5. The highest BCUT2D eigenvalue weighted by Crippen LogP contribution is 2.36. The summed E-state index contributed by atoms with van der Waals surface area (Å²) >= 11 is 12.2. The minimum absolute atomic E-state index is 0.0319. The van der Waals surface area contributed by atoms with E-state index < -0.39 is 15.9 Å². The van der Waals surface area contributed by atoms with Crippen molar-refractivity contribution in [1.82, 2.24) is 0 Å². The Morgan fingerprint density at radius 2 is 1.55 bits per heavy atom. The number of methoxy groups -OCH3 is 2. The number of rotatable bonds is 9. The van der Waals surface area contributed by atoms with Gasteiger partial charge < -0.3 is 19.5 Å². The second kappa shape index (κ2) is 10.7. The number of anilines is 2. The fourth-order valence-electron chi connectivity index (χ4n) is 2.77. The van der Waals surface area contributed by atoms with Crippen molar-refractivity contribution >= 4 is 50.5 Å². The first-order valence-electron chi connectivity index (χ1n) is 9.45. The van der Waals surface area contributed by atoms with Gasteiger partial charge in [-0.25, -0.2) is 8.42 Å². The van der Waals surface area contributed by atoms with Crippen LogP contribution >= 0.6 is 23.2 Å². The molecule has 0 radical (unpaired) electrons. The van der Waals surface area contributed by atoms with E-state index in [4.69, 9.17) is 37.4 Å². The standard InChI is InChI=1S/C22H20Cl2N2O6S/c1-30-20-12-18(21(31-2)11-17(20)24)25-22(27)13-32-19-9-8-15(10-16(19)23)33(28,29)26-14-6-4-3-5-7-14/h3-12,26H,13H2,1-2H3,(H,25,27). The molecule has 8 nitrogen and oxygen atoms in total. The third kappa shape index (κ3) is 6.22. The smallest absolute Gasteiger partial charge is 0.262 e. The highest BCUT2D eigenvalue weighted by molar-refractivity contribution is 7.92. The monoisotopic (exact) mass is 510 g/mol. The van der Waals surface area contributed by atoms with Gasteiger partial charge in [-0.3, -0.25) is 9.52 Å². The Balaban J connectivity index is 1.67. The molecule has 0 fully saturated rings. The van der Waals surface area contributed by atoms with Gasteiger partial charge in [0.1, 0.15) is 17.2 Å². The predicted octanol–water partition coefficient (Wildman–Crippen LogP) is 4.83. The van der Waals surface area contributed by atoms with E-state index in [1.54, 1.807) is 30.3 Å². The SMILES string of the molecule is COc1cc(NC(=O)COc2ccc(S(=O)(=O)Nc3ccccc3)cc2Cl)c(OC)cc1Cl. The number of halogens is 2. The zero-order chi connectivity index (χ0) is 24.0. The molecule has 0 heterocycles. The first-order chi connectivity index (χ1) is 15.7. The maximum absolute atomic E-state index is 12.6. The number of hydrogen-bond donors (Lipinski definition) is 2. The first-order valence-corrected chi connectivity index (χ1v) is 11.7. The lowest BCUT2D eigenvalue weighted by molar-refractivity contribution is -0.118. The summed E-state index contributed by atoms with van der Waals surface area (Å²) in [7, 11) is -0.963. The molecular weight excluding hydrogens is 491 g/mol. The zero-order valence-corrected chi connectivity index (χ0v) is 19.9. The zero-order valence-electron chi connectivity index (χ0n) is 17.6. The highest BCUT2D eigenvalue weighted by atomic mass is 35.5. The van der Waals surface area contributed by atoms with Crippen molar-refractivity contribution in [3.63, 3.8) is 0 Å². The van der Waals surface area contributed by atoms with E-state index in [1.807, 2.05) is 0 Å². The van der Waals surface area contributed by atoms with Crippen LogP contribution in [-0.2, 0) is 14.8 Å². The largest absolute Gasteiger partial charge is 0.495 e. The minimum Gasteiger partial charge on any atom is -0.495 e. The molecular formula is C22H20Cl2N2O6S. The number of carbonyl (C=O) groups excluding carboxylic acids is 1. The Bertz CT molecular complexity index is 1250. The molecule has 0 aliphatic carbocycles. The summed E-state index contributed by atoms with van der Waals surface area (Å²) in [6.45, 7) is -0.387. The topological polar surface area (TPSA) is 103 Å². The minimum atomic E-state index is -3.85. The molecule has 174 valence electrons. The number of sulfonamides is 1. The van der Waals surface area contributed by atoms with Gasteiger partial charge >= 0.3 is 0 Å². The molecule has 3 aromatic rings. The molecule has 0 bridgehead atoms. The fraction of sp³-hybridized carbons (Fsp3) is 0.136. The molecule has 3 aromatic carbocycles. The lowest BCUT2D eigenvalue weighted by atomic mass is 10.2. The van der Waals surface area contributed by atoms with Crippen molar-refractivity contribution in [2.24, 2.45) is 0 Å². The molecule has 0 unspecified atom stereocenters. The number of nitrogens with one attached hydrogen (secondary N) is 2. The van der Waals surface area contributed by atoms with Gasteiger partial charge in [0.2, 0.25) is 0 Å². The summed E-state index contributed by atoms with van der Waals surface area (Å²) < 4.78 is 43.4. The maximum Gasteiger partial charge on any atom is 0.262 e. The molecule has 2 N–H and O–H groups in total. The van der Waals surface area contributed by atoms with Crippen LogP contribution in [0.4, 0.5) is 11.4 Å². The molecule has 1 amide bonds. The molecule has 0 aromatic heterocycles. The van der Waals surface area contributed by atoms with Gasteiger partial charge in [-0.15, -0.1) is 0 Å².